The summed E-state index contributed by atoms with van der Waals surface area (Å²) in [4.78, 5) is 0. The third-order valence-corrected chi connectivity index (χ3v) is 3.60. The molecule has 60 valence electrons. The molecule has 11 heavy (non-hydrogen) atoms. The van der Waals surface area contributed by atoms with Crippen molar-refractivity contribution in [1.82, 2.24) is 0 Å². The molecule has 1 aromatic heterocycles. The molecule has 0 atom stereocenters. The highest BCUT2D eigenvalue weighted by atomic mass is 127. The highest BCUT2D eigenvalue weighted by molar-refractivity contribution is 14.1. The lowest BCUT2D eigenvalue weighted by atomic mass is 10.2. The molecule has 4 heteroatoms. The van der Waals surface area contributed by atoms with Crippen molar-refractivity contribution in [1.29, 1.82) is 0 Å². The summed E-state index contributed by atoms with van der Waals surface area (Å²) in [5.41, 5.74) is 1.81. The average Bonchev–Trinajstić information content (AvgIpc) is 1.97. The van der Waals surface area contributed by atoms with Gasteiger partial charge in [-0.2, -0.15) is 4.73 Å². The molecule has 0 radical (unpaired) electrons. The molecular weight excluding hydrogens is 276 g/mol. The second kappa shape index (κ2) is 3.15. The third kappa shape index (κ3) is 1.59. The molecule has 0 bridgehead atoms. The molecule has 0 aromatic carbocycles. The molecule has 1 heterocycles. The summed E-state index contributed by atoms with van der Waals surface area (Å²) in [5.74, 6) is 0. The molecule has 2 nitrogen and oxygen atoms in total. The van der Waals surface area contributed by atoms with Gasteiger partial charge in [0.2, 0.25) is 0 Å². The number of nitrogens with zero attached hydrogens (tertiary/aromatic N) is 1. The van der Waals surface area contributed by atoms with Gasteiger partial charge in [-0.1, -0.05) is 0 Å². The van der Waals surface area contributed by atoms with E-state index < -0.39 is 0 Å². The Hall–Kier alpha value is -0.0300. The van der Waals surface area contributed by atoms with Crippen molar-refractivity contribution in [2.24, 2.45) is 0 Å². The van der Waals surface area contributed by atoms with E-state index in [2.05, 4.69) is 22.6 Å². The minimum atomic E-state index is 0.264. The summed E-state index contributed by atoms with van der Waals surface area (Å²) >= 11 is 7.88. The van der Waals surface area contributed by atoms with Crippen LogP contribution >= 0.6 is 34.2 Å². The largest absolute Gasteiger partial charge is 0.618 e. The van der Waals surface area contributed by atoms with Crippen molar-refractivity contribution >= 4 is 34.2 Å². The smallest absolute Gasteiger partial charge is 0.290 e. The van der Waals surface area contributed by atoms with Crippen molar-refractivity contribution in [3.8, 4) is 0 Å². The Bertz CT molecular complexity index is 275. The lowest BCUT2D eigenvalue weighted by Crippen LogP contribution is -2.29. The Morgan fingerprint density at radius 2 is 2.09 bits per heavy atom. The molecule has 0 N–H and O–H groups in total. The number of aromatic nitrogens is 1. The summed E-state index contributed by atoms with van der Waals surface area (Å²) in [6.45, 7) is 3.73. The topological polar surface area (TPSA) is 26.9 Å². The van der Waals surface area contributed by atoms with Crippen LogP contribution in [0.4, 0.5) is 0 Å². The van der Waals surface area contributed by atoms with Crippen molar-refractivity contribution < 1.29 is 4.73 Å². The van der Waals surface area contributed by atoms with E-state index in [1.54, 1.807) is 0 Å². The van der Waals surface area contributed by atoms with E-state index in [-0.39, 0.29) is 5.15 Å². The molecule has 1 aromatic rings. The minimum Gasteiger partial charge on any atom is -0.618 e. The molecule has 0 aliphatic rings. The SMILES string of the molecule is Cc1c[n+]([O-])c(Cl)c(C)c1I. The molecule has 0 spiro atoms. The highest BCUT2D eigenvalue weighted by Gasteiger charge is 2.11. The maximum atomic E-state index is 11.0. The van der Waals surface area contributed by atoms with Crippen LogP contribution in [0.3, 0.4) is 0 Å². The fourth-order valence-corrected chi connectivity index (χ4v) is 1.54. The van der Waals surface area contributed by atoms with E-state index in [0.717, 1.165) is 14.7 Å². The number of rotatable bonds is 0. The Morgan fingerprint density at radius 3 is 2.64 bits per heavy atom. The molecule has 0 saturated carbocycles. The Kier molecular flexibility index (Phi) is 2.59. The third-order valence-electron chi connectivity index (χ3n) is 1.49. The average molecular weight is 283 g/mol. The van der Waals surface area contributed by atoms with Gasteiger partial charge < -0.3 is 5.21 Å². The number of pyridine rings is 1. The first kappa shape index (κ1) is 9.06. The maximum absolute atomic E-state index is 11.0. The first-order valence-corrected chi connectivity index (χ1v) is 4.54. The van der Waals surface area contributed by atoms with Crippen LogP contribution in [0.5, 0.6) is 0 Å². The van der Waals surface area contributed by atoms with E-state index in [0.29, 0.717) is 4.73 Å². The van der Waals surface area contributed by atoms with E-state index in [1.165, 1.54) is 6.20 Å². The molecule has 1 rings (SSSR count). The predicted octanol–water partition coefficient (Wildman–Crippen LogP) is 2.19. The molecule has 0 aliphatic heterocycles. The van der Waals surface area contributed by atoms with E-state index in [4.69, 9.17) is 11.6 Å². The van der Waals surface area contributed by atoms with Gasteiger partial charge in [-0.3, -0.25) is 0 Å². The van der Waals surface area contributed by atoms with E-state index >= 15 is 0 Å². The van der Waals surface area contributed by atoms with Gasteiger partial charge in [0, 0.05) is 14.7 Å². The summed E-state index contributed by atoms with van der Waals surface area (Å²) < 4.78 is 1.74. The lowest BCUT2D eigenvalue weighted by molar-refractivity contribution is -0.603. The van der Waals surface area contributed by atoms with Gasteiger partial charge >= 0.3 is 0 Å². The summed E-state index contributed by atoms with van der Waals surface area (Å²) in [5, 5.41) is 11.3. The quantitative estimate of drug-likeness (QED) is 0.310. The molecule has 0 amide bonds. The van der Waals surface area contributed by atoms with Crippen LogP contribution < -0.4 is 4.73 Å². The standard InChI is InChI=1S/C7H7ClINO/c1-4-3-10(11)7(8)5(2)6(4)9/h3H,1-2H3. The van der Waals surface area contributed by atoms with Crippen molar-refractivity contribution in [2.75, 3.05) is 0 Å². The van der Waals surface area contributed by atoms with Crippen LogP contribution in [0.1, 0.15) is 11.1 Å². The number of aryl methyl sites for hydroxylation is 1. The van der Waals surface area contributed by atoms with Gasteiger partial charge in [0.05, 0.1) is 0 Å². The van der Waals surface area contributed by atoms with Crippen LogP contribution in [0.25, 0.3) is 0 Å². The number of hydrogen-bond acceptors (Lipinski definition) is 1. The fourth-order valence-electron chi connectivity index (χ4n) is 0.841. The zero-order valence-corrected chi connectivity index (χ0v) is 9.10. The Morgan fingerprint density at radius 1 is 1.55 bits per heavy atom. The van der Waals surface area contributed by atoms with Crippen LogP contribution in [0.15, 0.2) is 6.20 Å². The molecule has 0 saturated heterocycles. The molecule has 0 aliphatic carbocycles. The van der Waals surface area contributed by atoms with Gasteiger partial charge in [0.1, 0.15) is 0 Å². The molecule has 0 unspecified atom stereocenters. The highest BCUT2D eigenvalue weighted by Crippen LogP contribution is 2.19. The first-order chi connectivity index (χ1) is 5.04. The van der Waals surface area contributed by atoms with Gasteiger partial charge in [0.15, 0.2) is 6.20 Å². The van der Waals surface area contributed by atoms with Crippen molar-refractivity contribution in [2.45, 2.75) is 13.8 Å². The predicted molar refractivity (Wildman–Crippen MR) is 52.6 cm³/mol. The van der Waals surface area contributed by atoms with Crippen molar-refractivity contribution in [3.05, 3.63) is 31.3 Å². The minimum absolute atomic E-state index is 0.264. The summed E-state index contributed by atoms with van der Waals surface area (Å²) in [6, 6.07) is 0. The number of halogens is 2. The zero-order valence-electron chi connectivity index (χ0n) is 6.19. The first-order valence-electron chi connectivity index (χ1n) is 3.08. The van der Waals surface area contributed by atoms with Crippen LogP contribution in [0, 0.1) is 22.6 Å². The second-order valence-electron chi connectivity index (χ2n) is 2.37. The maximum Gasteiger partial charge on any atom is 0.290 e. The summed E-state index contributed by atoms with van der Waals surface area (Å²) in [7, 11) is 0. The fraction of sp³-hybridized carbons (Fsp3) is 0.286. The number of hydrogen-bond donors (Lipinski definition) is 0. The van der Waals surface area contributed by atoms with Gasteiger partial charge in [-0.25, -0.2) is 0 Å². The Balaban J connectivity index is 3.46. The second-order valence-corrected chi connectivity index (χ2v) is 3.80. The Labute approximate surface area is 83.9 Å². The molecular formula is C7H7ClINO. The molecule has 0 fully saturated rings. The monoisotopic (exact) mass is 283 g/mol. The summed E-state index contributed by atoms with van der Waals surface area (Å²) in [6.07, 6.45) is 1.48. The van der Waals surface area contributed by atoms with E-state index in [9.17, 15) is 5.21 Å². The van der Waals surface area contributed by atoms with Gasteiger partial charge in [0.25, 0.3) is 5.15 Å². The van der Waals surface area contributed by atoms with Gasteiger partial charge in [-0.15, -0.1) is 0 Å². The van der Waals surface area contributed by atoms with Crippen LogP contribution in [0.2, 0.25) is 5.15 Å². The zero-order chi connectivity index (χ0) is 8.59. The lowest BCUT2D eigenvalue weighted by Gasteiger charge is -2.05. The van der Waals surface area contributed by atoms with Crippen molar-refractivity contribution in [3.63, 3.8) is 0 Å². The normalized spacial score (nSPS) is 10.2. The van der Waals surface area contributed by atoms with Gasteiger partial charge in [-0.05, 0) is 48.0 Å². The van der Waals surface area contributed by atoms with E-state index in [1.807, 2.05) is 13.8 Å². The van der Waals surface area contributed by atoms with Crippen LogP contribution in [-0.4, -0.2) is 0 Å². The van der Waals surface area contributed by atoms with Crippen LogP contribution in [-0.2, 0) is 0 Å².